The largest absolute Gasteiger partial charge is 0.455 e. The van der Waals surface area contributed by atoms with Gasteiger partial charge in [0.15, 0.2) is 0 Å². The maximum absolute atomic E-state index is 6.70. The summed E-state index contributed by atoms with van der Waals surface area (Å²) < 4.78 is 6.70. The molecule has 0 unspecified atom stereocenters. The Hall–Kier alpha value is -6.64. The summed E-state index contributed by atoms with van der Waals surface area (Å²) in [4.78, 5) is 2.37. The summed E-state index contributed by atoms with van der Waals surface area (Å²) in [6.07, 6.45) is 0. The zero-order chi connectivity index (χ0) is 33.0. The number of hydrogen-bond acceptors (Lipinski definition) is 2. The molecule has 0 aliphatic carbocycles. The van der Waals surface area contributed by atoms with Crippen molar-refractivity contribution in [2.75, 3.05) is 4.90 Å². The van der Waals surface area contributed by atoms with Crippen molar-refractivity contribution in [3.63, 3.8) is 0 Å². The third-order valence-electron chi connectivity index (χ3n) is 10.0. The number of nitrogens with zero attached hydrogens (tertiary/aromatic N) is 1. The topological polar surface area (TPSA) is 16.4 Å². The molecule has 0 radical (unpaired) electrons. The summed E-state index contributed by atoms with van der Waals surface area (Å²) in [7, 11) is 0. The fourth-order valence-corrected chi connectivity index (χ4v) is 7.67. The van der Waals surface area contributed by atoms with E-state index in [1.807, 2.05) is 0 Å². The van der Waals surface area contributed by atoms with E-state index in [0.29, 0.717) is 0 Å². The van der Waals surface area contributed by atoms with Crippen LogP contribution in [0, 0.1) is 0 Å². The zero-order valence-corrected chi connectivity index (χ0v) is 27.3. The van der Waals surface area contributed by atoms with Crippen LogP contribution in [0.1, 0.15) is 0 Å². The van der Waals surface area contributed by atoms with Gasteiger partial charge in [-0.15, -0.1) is 0 Å². The molecular formula is C48H31NO. The van der Waals surface area contributed by atoms with Crippen molar-refractivity contribution in [1.29, 1.82) is 0 Å². The molecule has 0 spiro atoms. The van der Waals surface area contributed by atoms with Crippen molar-refractivity contribution in [2.45, 2.75) is 0 Å². The molecule has 0 saturated carbocycles. The van der Waals surface area contributed by atoms with Crippen molar-refractivity contribution in [3.8, 4) is 22.3 Å². The minimum atomic E-state index is 0.869. The Balaban J connectivity index is 1.21. The van der Waals surface area contributed by atoms with Gasteiger partial charge in [-0.05, 0) is 86.1 Å². The van der Waals surface area contributed by atoms with Crippen LogP contribution >= 0.6 is 0 Å². The smallest absolute Gasteiger partial charge is 0.143 e. The fraction of sp³-hybridized carbons (Fsp3) is 0. The molecular weight excluding hydrogens is 607 g/mol. The molecule has 0 saturated heterocycles. The number of furan rings is 1. The molecule has 0 aliphatic rings. The number of rotatable bonds is 5. The van der Waals surface area contributed by atoms with E-state index in [1.165, 1.54) is 43.6 Å². The van der Waals surface area contributed by atoms with Gasteiger partial charge in [0.1, 0.15) is 11.2 Å². The van der Waals surface area contributed by atoms with E-state index in [2.05, 4.69) is 193 Å². The molecule has 10 aromatic rings. The van der Waals surface area contributed by atoms with Gasteiger partial charge in [0, 0.05) is 39.2 Å². The van der Waals surface area contributed by atoms with Gasteiger partial charge >= 0.3 is 0 Å². The first kappa shape index (κ1) is 28.4. The zero-order valence-electron chi connectivity index (χ0n) is 27.3. The van der Waals surface area contributed by atoms with E-state index >= 15 is 0 Å². The number of fused-ring (bicyclic) bond motifs is 8. The number of benzene rings is 9. The molecule has 0 atom stereocenters. The average Bonchev–Trinajstić information content (AvgIpc) is 3.57. The Labute approximate surface area is 290 Å². The predicted molar refractivity (Wildman–Crippen MR) is 212 cm³/mol. The Morgan fingerprint density at radius 1 is 0.340 bits per heavy atom. The predicted octanol–water partition coefficient (Wildman–Crippen LogP) is 13.8. The van der Waals surface area contributed by atoms with Crippen molar-refractivity contribution < 1.29 is 4.42 Å². The van der Waals surface area contributed by atoms with E-state index in [1.54, 1.807) is 0 Å². The molecule has 234 valence electrons. The van der Waals surface area contributed by atoms with Gasteiger partial charge < -0.3 is 9.32 Å². The first-order valence-corrected chi connectivity index (χ1v) is 17.1. The maximum Gasteiger partial charge on any atom is 0.143 e. The lowest BCUT2D eigenvalue weighted by Crippen LogP contribution is -2.11. The first-order chi connectivity index (χ1) is 24.8. The van der Waals surface area contributed by atoms with Crippen LogP contribution in [0.2, 0.25) is 0 Å². The maximum atomic E-state index is 6.70. The molecule has 10 rings (SSSR count). The highest BCUT2D eigenvalue weighted by molar-refractivity contribution is 6.17. The van der Waals surface area contributed by atoms with E-state index < -0.39 is 0 Å². The first-order valence-electron chi connectivity index (χ1n) is 17.1. The van der Waals surface area contributed by atoms with Crippen LogP contribution in [0.4, 0.5) is 17.1 Å². The summed E-state index contributed by atoms with van der Waals surface area (Å²) in [6, 6.07) is 67.5. The van der Waals surface area contributed by atoms with E-state index in [-0.39, 0.29) is 0 Å². The van der Waals surface area contributed by atoms with E-state index in [4.69, 9.17) is 4.42 Å². The third-order valence-corrected chi connectivity index (χ3v) is 10.0. The fourth-order valence-electron chi connectivity index (χ4n) is 7.67. The second-order valence-corrected chi connectivity index (χ2v) is 12.9. The molecule has 2 heteroatoms. The Morgan fingerprint density at radius 2 is 0.960 bits per heavy atom. The molecule has 1 aromatic heterocycles. The van der Waals surface area contributed by atoms with Gasteiger partial charge in [-0.3, -0.25) is 0 Å². The molecule has 0 bridgehead atoms. The Morgan fingerprint density at radius 3 is 1.80 bits per heavy atom. The van der Waals surface area contributed by atoms with E-state index in [9.17, 15) is 0 Å². The SMILES string of the molecule is c1ccc(-c2ccc(N(c3ccc4c(c3)oc3c5ccccc5ccc43)c3ccccc3-c3cc4ccccc4c4ccccc34)cc2)cc1. The summed E-state index contributed by atoms with van der Waals surface area (Å²) >= 11 is 0. The van der Waals surface area contributed by atoms with Gasteiger partial charge in [-0.2, -0.15) is 0 Å². The number of hydrogen-bond donors (Lipinski definition) is 0. The van der Waals surface area contributed by atoms with Crippen LogP contribution < -0.4 is 4.90 Å². The Kier molecular flexibility index (Phi) is 6.53. The van der Waals surface area contributed by atoms with E-state index in [0.717, 1.165) is 50.0 Å². The molecule has 0 N–H and O–H groups in total. The number of anilines is 3. The van der Waals surface area contributed by atoms with Crippen LogP contribution in [0.15, 0.2) is 192 Å². The molecule has 9 aromatic carbocycles. The normalized spacial score (nSPS) is 11.6. The van der Waals surface area contributed by atoms with Crippen molar-refractivity contribution in [3.05, 3.63) is 188 Å². The number of para-hydroxylation sites is 1. The lowest BCUT2D eigenvalue weighted by Gasteiger charge is -2.28. The molecule has 0 amide bonds. The molecule has 1 heterocycles. The Bertz CT molecular complexity index is 2870. The van der Waals surface area contributed by atoms with Gasteiger partial charge in [0.05, 0.1) is 5.69 Å². The summed E-state index contributed by atoms with van der Waals surface area (Å²) in [5.74, 6) is 0. The van der Waals surface area contributed by atoms with Crippen LogP contribution in [0.3, 0.4) is 0 Å². The molecule has 2 nitrogen and oxygen atoms in total. The summed E-state index contributed by atoms with van der Waals surface area (Å²) in [6.45, 7) is 0. The van der Waals surface area contributed by atoms with Crippen molar-refractivity contribution in [1.82, 2.24) is 0 Å². The molecule has 0 fully saturated rings. The lowest BCUT2D eigenvalue weighted by molar-refractivity contribution is 0.672. The summed E-state index contributed by atoms with van der Waals surface area (Å²) in [5, 5.41) is 9.53. The standard InChI is InChI=1S/C48H31NO/c1-2-12-32(13-3-1)33-22-25-36(26-23-33)49(37-27-29-43-44-28-24-34-14-4-7-17-39(34)48(44)50-47(43)31-37)46-21-11-10-20-42(46)45-30-35-15-5-6-16-38(35)40-18-8-9-19-41(40)45/h1-31H. The molecule has 50 heavy (non-hydrogen) atoms. The van der Waals surface area contributed by atoms with Crippen molar-refractivity contribution in [2.24, 2.45) is 0 Å². The highest BCUT2D eigenvalue weighted by Crippen LogP contribution is 2.46. The van der Waals surface area contributed by atoms with Crippen molar-refractivity contribution >= 4 is 71.3 Å². The van der Waals surface area contributed by atoms with Gasteiger partial charge in [-0.25, -0.2) is 0 Å². The highest BCUT2D eigenvalue weighted by atomic mass is 16.3. The quantitative estimate of drug-likeness (QED) is 0.175. The monoisotopic (exact) mass is 637 g/mol. The highest BCUT2D eigenvalue weighted by Gasteiger charge is 2.21. The van der Waals surface area contributed by atoms with Gasteiger partial charge in [0.2, 0.25) is 0 Å². The van der Waals surface area contributed by atoms with Crippen LogP contribution in [0.25, 0.3) is 76.5 Å². The minimum absolute atomic E-state index is 0.869. The average molecular weight is 638 g/mol. The second-order valence-electron chi connectivity index (χ2n) is 12.9. The minimum Gasteiger partial charge on any atom is -0.455 e. The van der Waals surface area contributed by atoms with Gasteiger partial charge in [0.25, 0.3) is 0 Å². The lowest BCUT2D eigenvalue weighted by atomic mass is 9.92. The second kappa shape index (κ2) is 11.5. The van der Waals surface area contributed by atoms with Crippen LogP contribution in [0.5, 0.6) is 0 Å². The van der Waals surface area contributed by atoms with Crippen LogP contribution in [-0.4, -0.2) is 0 Å². The van der Waals surface area contributed by atoms with Crippen LogP contribution in [-0.2, 0) is 0 Å². The van der Waals surface area contributed by atoms with Gasteiger partial charge in [-0.1, -0.05) is 140 Å². The molecule has 0 aliphatic heterocycles. The third kappa shape index (κ3) is 4.57. The summed E-state index contributed by atoms with van der Waals surface area (Å²) in [5.41, 5.74) is 9.75.